The molecule has 5 heteroatoms. The fourth-order valence-electron chi connectivity index (χ4n) is 2.11. The average molecular weight is 230 g/mol. The molecule has 0 fully saturated rings. The van der Waals surface area contributed by atoms with E-state index in [1.54, 1.807) is 10.5 Å². The van der Waals surface area contributed by atoms with Crippen LogP contribution < -0.4 is 5.73 Å². The third-order valence-corrected chi connectivity index (χ3v) is 2.91. The van der Waals surface area contributed by atoms with E-state index in [1.807, 2.05) is 13.0 Å². The molecule has 0 aliphatic carbocycles. The number of rotatable bonds is 1. The Labute approximate surface area is 96.9 Å². The monoisotopic (exact) mass is 230 g/mol. The quantitative estimate of drug-likeness (QED) is 0.693. The largest absolute Gasteiger partial charge is 0.324 e. The number of nitrogens with two attached hydrogens (primary N) is 1. The van der Waals surface area contributed by atoms with E-state index in [1.165, 1.54) is 12.1 Å². The number of aryl methyl sites for hydroxylation is 1. The summed E-state index contributed by atoms with van der Waals surface area (Å²) in [5.41, 5.74) is 8.11. The predicted octanol–water partition coefficient (Wildman–Crippen LogP) is 1.79. The second-order valence-electron chi connectivity index (χ2n) is 4.00. The molecule has 0 saturated heterocycles. The molecular weight excluding hydrogens is 219 g/mol. The van der Waals surface area contributed by atoms with Gasteiger partial charge in [0.2, 0.25) is 0 Å². The lowest BCUT2D eigenvalue weighted by Crippen LogP contribution is -2.03. The van der Waals surface area contributed by atoms with Crippen molar-refractivity contribution in [2.24, 2.45) is 5.73 Å². The van der Waals surface area contributed by atoms with Gasteiger partial charge < -0.3 is 5.73 Å². The Balaban J connectivity index is 2.58. The lowest BCUT2D eigenvalue weighted by atomic mass is 10.1. The van der Waals surface area contributed by atoms with Gasteiger partial charge in [0.15, 0.2) is 11.5 Å². The third kappa shape index (κ3) is 1.39. The molecule has 0 aliphatic heterocycles. The number of hydrogen-bond acceptors (Lipinski definition) is 3. The number of nitrogens with zero attached hydrogens (tertiary/aromatic N) is 3. The molecule has 17 heavy (non-hydrogen) atoms. The van der Waals surface area contributed by atoms with Gasteiger partial charge in [0.1, 0.15) is 5.82 Å². The molecule has 1 aromatic carbocycles. The number of halogens is 1. The van der Waals surface area contributed by atoms with Gasteiger partial charge in [-0.15, -0.1) is 10.2 Å². The van der Waals surface area contributed by atoms with Gasteiger partial charge in [0.25, 0.3) is 0 Å². The minimum Gasteiger partial charge on any atom is -0.324 e. The Morgan fingerprint density at radius 3 is 2.88 bits per heavy atom. The highest BCUT2D eigenvalue weighted by atomic mass is 19.1. The van der Waals surface area contributed by atoms with Crippen LogP contribution in [0.4, 0.5) is 4.39 Å². The van der Waals surface area contributed by atoms with Crippen molar-refractivity contribution in [3.8, 4) is 0 Å². The first kappa shape index (κ1) is 10.2. The Morgan fingerprint density at radius 1 is 1.29 bits per heavy atom. The van der Waals surface area contributed by atoms with Crippen LogP contribution in [0.5, 0.6) is 0 Å². The van der Waals surface area contributed by atoms with Gasteiger partial charge in [-0.25, -0.2) is 4.39 Å². The lowest BCUT2D eigenvalue weighted by molar-refractivity contribution is 0.629. The van der Waals surface area contributed by atoms with Crippen molar-refractivity contribution in [3.63, 3.8) is 0 Å². The lowest BCUT2D eigenvalue weighted by Gasteiger charge is -2.06. The molecular formula is C12H11FN4. The Morgan fingerprint density at radius 2 is 2.12 bits per heavy atom. The molecule has 2 heterocycles. The smallest absolute Gasteiger partial charge is 0.161 e. The van der Waals surface area contributed by atoms with Crippen LogP contribution >= 0.6 is 0 Å². The van der Waals surface area contributed by atoms with Crippen LogP contribution in [-0.2, 0) is 6.54 Å². The number of hydrogen-bond donors (Lipinski definition) is 1. The summed E-state index contributed by atoms with van der Waals surface area (Å²) < 4.78 is 15.1. The standard InChI is InChI=1S/C12H11FN4/c1-7-4-11-15-16-12(6-14)17(11)10-5-8(13)2-3-9(7)10/h2-5H,6,14H2,1H3. The van der Waals surface area contributed by atoms with Crippen LogP contribution in [-0.4, -0.2) is 14.6 Å². The first-order chi connectivity index (χ1) is 8.20. The molecule has 0 aliphatic rings. The summed E-state index contributed by atoms with van der Waals surface area (Å²) in [6, 6.07) is 6.62. The summed E-state index contributed by atoms with van der Waals surface area (Å²) in [6.45, 7) is 2.24. The summed E-state index contributed by atoms with van der Waals surface area (Å²) in [7, 11) is 0. The van der Waals surface area contributed by atoms with Gasteiger partial charge in [0.05, 0.1) is 12.1 Å². The van der Waals surface area contributed by atoms with Gasteiger partial charge >= 0.3 is 0 Å². The van der Waals surface area contributed by atoms with Crippen molar-refractivity contribution in [1.82, 2.24) is 14.6 Å². The van der Waals surface area contributed by atoms with Crippen molar-refractivity contribution in [1.29, 1.82) is 0 Å². The Hall–Kier alpha value is -2.01. The summed E-state index contributed by atoms with van der Waals surface area (Å²) in [6.07, 6.45) is 0. The second kappa shape index (κ2) is 3.49. The molecule has 2 aromatic heterocycles. The van der Waals surface area contributed by atoms with Crippen LogP contribution in [0.1, 0.15) is 11.4 Å². The van der Waals surface area contributed by atoms with E-state index in [2.05, 4.69) is 10.2 Å². The maximum Gasteiger partial charge on any atom is 0.161 e. The molecule has 0 spiro atoms. The summed E-state index contributed by atoms with van der Waals surface area (Å²) >= 11 is 0. The van der Waals surface area contributed by atoms with E-state index in [0.717, 1.165) is 16.5 Å². The van der Waals surface area contributed by atoms with Crippen molar-refractivity contribution in [2.75, 3.05) is 0 Å². The zero-order valence-electron chi connectivity index (χ0n) is 9.31. The summed E-state index contributed by atoms with van der Waals surface area (Å²) in [5, 5.41) is 9.02. The number of pyridine rings is 1. The first-order valence-electron chi connectivity index (χ1n) is 5.33. The topological polar surface area (TPSA) is 56.2 Å². The highest BCUT2D eigenvalue weighted by Gasteiger charge is 2.10. The molecule has 3 rings (SSSR count). The highest BCUT2D eigenvalue weighted by molar-refractivity contribution is 5.85. The SMILES string of the molecule is Cc1cc2nnc(CN)n2c2cc(F)ccc12. The van der Waals surface area contributed by atoms with Crippen molar-refractivity contribution in [3.05, 3.63) is 41.5 Å². The van der Waals surface area contributed by atoms with E-state index in [9.17, 15) is 4.39 Å². The third-order valence-electron chi connectivity index (χ3n) is 2.91. The van der Waals surface area contributed by atoms with E-state index in [0.29, 0.717) is 11.5 Å². The van der Waals surface area contributed by atoms with Crippen LogP contribution in [0, 0.1) is 12.7 Å². The van der Waals surface area contributed by atoms with E-state index in [4.69, 9.17) is 5.73 Å². The molecule has 3 aromatic rings. The average Bonchev–Trinajstić information content (AvgIpc) is 2.71. The van der Waals surface area contributed by atoms with E-state index in [-0.39, 0.29) is 12.4 Å². The highest BCUT2D eigenvalue weighted by Crippen LogP contribution is 2.22. The molecule has 0 saturated carbocycles. The fraction of sp³-hybridized carbons (Fsp3) is 0.167. The van der Waals surface area contributed by atoms with E-state index < -0.39 is 0 Å². The normalized spacial score (nSPS) is 11.5. The van der Waals surface area contributed by atoms with Crippen LogP contribution in [0.3, 0.4) is 0 Å². The minimum absolute atomic E-state index is 0.274. The number of benzene rings is 1. The van der Waals surface area contributed by atoms with Crippen molar-refractivity contribution >= 4 is 16.6 Å². The van der Waals surface area contributed by atoms with E-state index >= 15 is 0 Å². The molecule has 0 unspecified atom stereocenters. The molecule has 0 atom stereocenters. The maximum atomic E-state index is 13.4. The van der Waals surface area contributed by atoms with Gasteiger partial charge in [-0.1, -0.05) is 0 Å². The zero-order chi connectivity index (χ0) is 12.0. The van der Waals surface area contributed by atoms with Crippen LogP contribution in [0.15, 0.2) is 24.3 Å². The van der Waals surface area contributed by atoms with Gasteiger partial charge in [-0.05, 0) is 36.8 Å². The van der Waals surface area contributed by atoms with Gasteiger partial charge in [-0.3, -0.25) is 4.40 Å². The molecule has 2 N–H and O–H groups in total. The minimum atomic E-state index is -0.277. The predicted molar refractivity (Wildman–Crippen MR) is 63.1 cm³/mol. The first-order valence-corrected chi connectivity index (χ1v) is 5.33. The van der Waals surface area contributed by atoms with Gasteiger partial charge in [-0.2, -0.15) is 0 Å². The van der Waals surface area contributed by atoms with Crippen molar-refractivity contribution < 1.29 is 4.39 Å². The molecule has 0 amide bonds. The summed E-state index contributed by atoms with van der Waals surface area (Å²) in [4.78, 5) is 0. The zero-order valence-corrected chi connectivity index (χ0v) is 9.31. The second-order valence-corrected chi connectivity index (χ2v) is 4.00. The maximum absolute atomic E-state index is 13.4. The van der Waals surface area contributed by atoms with Crippen molar-refractivity contribution in [2.45, 2.75) is 13.5 Å². The Bertz CT molecular complexity index is 717. The molecule has 0 bridgehead atoms. The van der Waals surface area contributed by atoms with Gasteiger partial charge in [0, 0.05) is 5.39 Å². The van der Waals surface area contributed by atoms with Crippen LogP contribution in [0.2, 0.25) is 0 Å². The molecule has 0 radical (unpaired) electrons. The summed E-state index contributed by atoms with van der Waals surface area (Å²) in [5.74, 6) is 0.358. The number of fused-ring (bicyclic) bond motifs is 3. The Kier molecular flexibility index (Phi) is 2.09. The molecule has 4 nitrogen and oxygen atoms in total. The fourth-order valence-corrected chi connectivity index (χ4v) is 2.11. The van der Waals surface area contributed by atoms with Crippen LogP contribution in [0.25, 0.3) is 16.6 Å². The molecule has 86 valence electrons. The number of aromatic nitrogens is 3.